The fraction of sp³-hybridized carbons (Fsp3) is 0.200. The molecular weight excluding hydrogens is 466 g/mol. The average molecular weight is 494 g/mol. The number of nitrogens with zero attached hydrogens (tertiary/aromatic N) is 3. The van der Waals surface area contributed by atoms with E-state index in [0.717, 1.165) is 10.5 Å². The molecule has 2 atom stereocenters. The third-order valence-corrected chi connectivity index (χ3v) is 7.05. The third kappa shape index (κ3) is 4.22. The Morgan fingerprint density at radius 2 is 1.38 bits per heavy atom. The molecule has 7 heteroatoms. The predicted octanol–water partition coefficient (Wildman–Crippen LogP) is 4.44. The maximum atomic E-state index is 13.9. The minimum Gasteiger partial charge on any atom is -0.306 e. The number of anilines is 2. The standard InChI is InChI=1S/C30H27N3O4/c1-3-11-22-20(2)33(27(34)19-32-29(36)23-14-7-8-15-24(23)30(32)37)26-17-10-9-16-25(26)31(28(22)35)18-21-12-5-4-6-13-21/h3-10,12-17,20,22H,1,11,18-19H2,2H3. The highest BCUT2D eigenvalue weighted by Gasteiger charge is 2.43. The highest BCUT2D eigenvalue weighted by atomic mass is 16.2. The van der Waals surface area contributed by atoms with Gasteiger partial charge in [0.15, 0.2) is 0 Å². The van der Waals surface area contributed by atoms with E-state index in [-0.39, 0.29) is 5.91 Å². The van der Waals surface area contributed by atoms with Crippen LogP contribution in [0.2, 0.25) is 0 Å². The first kappa shape index (κ1) is 24.2. The molecule has 0 saturated heterocycles. The summed E-state index contributed by atoms with van der Waals surface area (Å²) in [5.74, 6) is -2.08. The van der Waals surface area contributed by atoms with Crippen molar-refractivity contribution < 1.29 is 19.2 Å². The highest BCUT2D eigenvalue weighted by Crippen LogP contribution is 2.39. The number of imide groups is 1. The van der Waals surface area contributed by atoms with Crippen LogP contribution in [-0.2, 0) is 16.1 Å². The largest absolute Gasteiger partial charge is 0.306 e. The fourth-order valence-corrected chi connectivity index (χ4v) is 5.18. The first-order valence-corrected chi connectivity index (χ1v) is 12.2. The number of hydrogen-bond donors (Lipinski definition) is 0. The van der Waals surface area contributed by atoms with E-state index in [1.54, 1.807) is 46.2 Å². The van der Waals surface area contributed by atoms with Crippen LogP contribution < -0.4 is 9.80 Å². The Kier molecular flexibility index (Phi) is 6.44. The maximum Gasteiger partial charge on any atom is 0.262 e. The molecule has 2 aliphatic rings. The number of benzene rings is 3. The first-order valence-electron chi connectivity index (χ1n) is 12.2. The summed E-state index contributed by atoms with van der Waals surface area (Å²) in [5.41, 5.74) is 2.70. The van der Waals surface area contributed by atoms with Crippen LogP contribution >= 0.6 is 0 Å². The molecule has 3 aromatic rings. The molecule has 0 saturated carbocycles. The maximum absolute atomic E-state index is 13.9. The number of carbonyl (C=O) groups excluding carboxylic acids is 4. The zero-order valence-corrected chi connectivity index (χ0v) is 20.5. The molecule has 37 heavy (non-hydrogen) atoms. The van der Waals surface area contributed by atoms with Gasteiger partial charge in [-0.15, -0.1) is 6.58 Å². The number of allylic oxidation sites excluding steroid dienone is 1. The van der Waals surface area contributed by atoms with Gasteiger partial charge in [0.25, 0.3) is 11.8 Å². The molecule has 186 valence electrons. The van der Waals surface area contributed by atoms with Crippen molar-refractivity contribution in [2.24, 2.45) is 5.92 Å². The van der Waals surface area contributed by atoms with Gasteiger partial charge in [0.2, 0.25) is 11.8 Å². The van der Waals surface area contributed by atoms with Gasteiger partial charge in [0.05, 0.1) is 35.0 Å². The lowest BCUT2D eigenvalue weighted by atomic mass is 9.94. The second kappa shape index (κ2) is 9.85. The van der Waals surface area contributed by atoms with Gasteiger partial charge >= 0.3 is 0 Å². The van der Waals surface area contributed by atoms with Crippen molar-refractivity contribution >= 4 is 35.0 Å². The number of fused-ring (bicyclic) bond motifs is 2. The van der Waals surface area contributed by atoms with E-state index in [4.69, 9.17) is 0 Å². The van der Waals surface area contributed by atoms with Crippen LogP contribution in [0.4, 0.5) is 11.4 Å². The molecule has 3 aromatic carbocycles. The van der Waals surface area contributed by atoms with Crippen molar-refractivity contribution in [2.75, 3.05) is 16.3 Å². The molecule has 0 aromatic heterocycles. The van der Waals surface area contributed by atoms with E-state index in [9.17, 15) is 19.2 Å². The molecular formula is C30H27N3O4. The van der Waals surface area contributed by atoms with Gasteiger partial charge in [0.1, 0.15) is 6.54 Å². The number of hydrogen-bond acceptors (Lipinski definition) is 4. The third-order valence-electron chi connectivity index (χ3n) is 7.05. The summed E-state index contributed by atoms with van der Waals surface area (Å²) in [4.78, 5) is 57.9. The van der Waals surface area contributed by atoms with Crippen LogP contribution in [0.15, 0.2) is 91.5 Å². The smallest absolute Gasteiger partial charge is 0.262 e. The quantitative estimate of drug-likeness (QED) is 0.376. The van der Waals surface area contributed by atoms with Gasteiger partial charge in [0, 0.05) is 6.04 Å². The number of carbonyl (C=O) groups is 4. The molecule has 0 spiro atoms. The molecule has 2 heterocycles. The fourth-order valence-electron chi connectivity index (χ4n) is 5.18. The lowest BCUT2D eigenvalue weighted by molar-refractivity contribution is -0.123. The summed E-state index contributed by atoms with van der Waals surface area (Å²) in [6, 6.07) is 23.0. The Bertz CT molecular complexity index is 1370. The second-order valence-electron chi connectivity index (χ2n) is 9.28. The summed E-state index contributed by atoms with van der Waals surface area (Å²) >= 11 is 0. The van der Waals surface area contributed by atoms with Crippen molar-refractivity contribution in [1.82, 2.24) is 4.90 Å². The van der Waals surface area contributed by atoms with E-state index in [1.165, 1.54) is 0 Å². The zero-order valence-electron chi connectivity index (χ0n) is 20.5. The predicted molar refractivity (Wildman–Crippen MR) is 141 cm³/mol. The average Bonchev–Trinajstić information content (AvgIpc) is 3.11. The Morgan fingerprint density at radius 3 is 2.00 bits per heavy atom. The SMILES string of the molecule is C=CCC1C(=O)N(Cc2ccccc2)c2ccccc2N(C(=O)CN2C(=O)c3ccccc3C2=O)C1C. The van der Waals surface area contributed by atoms with Crippen molar-refractivity contribution in [1.29, 1.82) is 0 Å². The number of amides is 4. The van der Waals surface area contributed by atoms with Crippen LogP contribution in [0.25, 0.3) is 0 Å². The van der Waals surface area contributed by atoms with Gasteiger partial charge in [-0.2, -0.15) is 0 Å². The molecule has 0 radical (unpaired) electrons. The van der Waals surface area contributed by atoms with Gasteiger partial charge in [-0.3, -0.25) is 24.1 Å². The normalized spacial score (nSPS) is 18.9. The van der Waals surface area contributed by atoms with E-state index >= 15 is 0 Å². The van der Waals surface area contributed by atoms with Crippen LogP contribution in [0.1, 0.15) is 39.6 Å². The minimum absolute atomic E-state index is 0.111. The van der Waals surface area contributed by atoms with Crippen molar-refractivity contribution in [3.05, 3.63) is 108 Å². The van der Waals surface area contributed by atoms with Gasteiger partial charge < -0.3 is 9.80 Å². The molecule has 5 rings (SSSR count). The molecule has 2 unspecified atom stereocenters. The van der Waals surface area contributed by atoms with Crippen LogP contribution in [0, 0.1) is 5.92 Å². The Labute approximate surface area is 215 Å². The van der Waals surface area contributed by atoms with Crippen LogP contribution in [0.3, 0.4) is 0 Å². The summed E-state index contributed by atoms with van der Waals surface area (Å²) in [5, 5.41) is 0. The highest BCUT2D eigenvalue weighted by molar-refractivity contribution is 6.23. The summed E-state index contributed by atoms with van der Waals surface area (Å²) < 4.78 is 0. The number of rotatable bonds is 6. The zero-order chi connectivity index (χ0) is 26.1. The lowest BCUT2D eigenvalue weighted by Crippen LogP contribution is -2.50. The topological polar surface area (TPSA) is 78.0 Å². The minimum atomic E-state index is -0.556. The van der Waals surface area contributed by atoms with Crippen molar-refractivity contribution in [2.45, 2.75) is 25.9 Å². The molecule has 0 N–H and O–H groups in total. The van der Waals surface area contributed by atoms with E-state index in [0.29, 0.717) is 35.5 Å². The van der Waals surface area contributed by atoms with Gasteiger partial charge in [-0.05, 0) is 43.2 Å². The van der Waals surface area contributed by atoms with Crippen LogP contribution in [-0.4, -0.2) is 41.1 Å². The van der Waals surface area contributed by atoms with Gasteiger partial charge in [-0.25, -0.2) is 0 Å². The molecule has 0 aliphatic carbocycles. The summed E-state index contributed by atoms with van der Waals surface area (Å²) in [7, 11) is 0. The number of para-hydroxylation sites is 2. The molecule has 2 aliphatic heterocycles. The van der Waals surface area contributed by atoms with Crippen LogP contribution in [0.5, 0.6) is 0 Å². The Hall–Kier alpha value is -4.52. The first-order chi connectivity index (χ1) is 17.9. The molecule has 0 fully saturated rings. The van der Waals surface area contributed by atoms with E-state index in [1.807, 2.05) is 55.5 Å². The molecule has 0 bridgehead atoms. The Balaban J connectivity index is 1.53. The second-order valence-corrected chi connectivity index (χ2v) is 9.28. The monoisotopic (exact) mass is 493 g/mol. The molecule has 4 amide bonds. The summed E-state index contributed by atoms with van der Waals surface area (Å²) in [6.45, 7) is 5.59. The molecule has 7 nitrogen and oxygen atoms in total. The lowest BCUT2D eigenvalue weighted by Gasteiger charge is -2.32. The van der Waals surface area contributed by atoms with Gasteiger partial charge in [-0.1, -0.05) is 60.7 Å². The van der Waals surface area contributed by atoms with E-state index < -0.39 is 36.2 Å². The Morgan fingerprint density at radius 1 is 0.811 bits per heavy atom. The van der Waals surface area contributed by atoms with E-state index in [2.05, 4.69) is 6.58 Å². The van der Waals surface area contributed by atoms with Crippen molar-refractivity contribution in [3.8, 4) is 0 Å². The summed E-state index contributed by atoms with van der Waals surface area (Å²) in [6.07, 6.45) is 2.05. The van der Waals surface area contributed by atoms with Crippen molar-refractivity contribution in [3.63, 3.8) is 0 Å².